The van der Waals surface area contributed by atoms with Crippen LogP contribution in [0.5, 0.6) is 5.75 Å². The van der Waals surface area contributed by atoms with Crippen molar-refractivity contribution >= 4 is 58.4 Å². The molecule has 1 amide bonds. The minimum Gasteiger partial charge on any atom is -0.494 e. The molecule has 234 valence electrons. The van der Waals surface area contributed by atoms with Gasteiger partial charge in [0.15, 0.2) is 5.60 Å². The SMILES string of the molecule is O=C(O)CC(O)(CC(=O)O)C(=O)O.O=C1CCc2ccc(OCCCCN3CCN(c4cccc(Cl)c4Cl)CC3)cc2N1. The summed E-state index contributed by atoms with van der Waals surface area (Å²) in [5.74, 6) is -4.12. The fourth-order valence-electron chi connectivity index (χ4n) is 4.73. The summed E-state index contributed by atoms with van der Waals surface area (Å²) in [6.45, 7) is 5.71. The van der Waals surface area contributed by atoms with Gasteiger partial charge in [0.05, 0.1) is 35.2 Å². The molecule has 0 atom stereocenters. The third-order valence-electron chi connectivity index (χ3n) is 7.04. The van der Waals surface area contributed by atoms with Gasteiger partial charge in [-0.1, -0.05) is 35.3 Å². The minimum atomic E-state index is -2.74. The first-order valence-corrected chi connectivity index (χ1v) is 14.5. The van der Waals surface area contributed by atoms with E-state index in [1.807, 2.05) is 30.3 Å². The zero-order valence-corrected chi connectivity index (χ0v) is 24.9. The summed E-state index contributed by atoms with van der Waals surface area (Å²) in [4.78, 5) is 46.8. The average Bonchev–Trinajstić information content (AvgIpc) is 2.94. The lowest BCUT2D eigenvalue weighted by molar-refractivity contribution is -0.170. The summed E-state index contributed by atoms with van der Waals surface area (Å²) >= 11 is 12.5. The summed E-state index contributed by atoms with van der Waals surface area (Å²) in [7, 11) is 0. The van der Waals surface area contributed by atoms with E-state index < -0.39 is 36.4 Å². The molecule has 12 nitrogen and oxygen atoms in total. The zero-order chi connectivity index (χ0) is 31.6. The molecule has 2 aliphatic heterocycles. The topological polar surface area (TPSA) is 177 Å². The highest BCUT2D eigenvalue weighted by atomic mass is 35.5. The maximum atomic E-state index is 11.5. The van der Waals surface area contributed by atoms with E-state index in [2.05, 4.69) is 21.2 Å². The second-order valence-electron chi connectivity index (χ2n) is 10.3. The minimum absolute atomic E-state index is 0.0809. The fourth-order valence-corrected chi connectivity index (χ4v) is 5.15. The van der Waals surface area contributed by atoms with Crippen molar-refractivity contribution < 1.29 is 44.3 Å². The Morgan fingerprint density at radius 1 is 0.930 bits per heavy atom. The molecule has 0 spiro atoms. The van der Waals surface area contributed by atoms with E-state index in [-0.39, 0.29) is 5.91 Å². The highest BCUT2D eigenvalue weighted by Gasteiger charge is 2.40. The van der Waals surface area contributed by atoms with Gasteiger partial charge in [0.1, 0.15) is 5.75 Å². The maximum Gasteiger partial charge on any atom is 0.336 e. The van der Waals surface area contributed by atoms with Crippen LogP contribution in [0.25, 0.3) is 0 Å². The first kappa shape index (κ1) is 33.9. The lowest BCUT2D eigenvalue weighted by atomic mass is 9.96. The van der Waals surface area contributed by atoms with Crippen LogP contribution in [0.1, 0.15) is 37.7 Å². The van der Waals surface area contributed by atoms with Crippen LogP contribution in [-0.4, -0.2) is 94.1 Å². The predicted octanol–water partition coefficient (Wildman–Crippen LogP) is 3.61. The summed E-state index contributed by atoms with van der Waals surface area (Å²) in [5, 5.41) is 38.0. The summed E-state index contributed by atoms with van der Waals surface area (Å²) in [6, 6.07) is 11.8. The molecular weight excluding hydrogens is 605 g/mol. The number of aliphatic carboxylic acids is 3. The number of carbonyl (C=O) groups is 4. The van der Waals surface area contributed by atoms with Gasteiger partial charge in [-0.2, -0.15) is 0 Å². The van der Waals surface area contributed by atoms with Gasteiger partial charge in [-0.05, 0) is 49.6 Å². The second kappa shape index (κ2) is 15.8. The lowest BCUT2D eigenvalue weighted by Crippen LogP contribution is -2.46. The number of rotatable bonds is 12. The fraction of sp³-hybridized carbons (Fsp3) is 0.448. The molecule has 0 aromatic heterocycles. The molecule has 2 heterocycles. The van der Waals surface area contributed by atoms with Gasteiger partial charge in [0, 0.05) is 44.4 Å². The molecule has 0 unspecified atom stereocenters. The van der Waals surface area contributed by atoms with Gasteiger partial charge in [-0.15, -0.1) is 0 Å². The number of unbranched alkanes of at least 4 members (excludes halogenated alkanes) is 1. The summed E-state index contributed by atoms with van der Waals surface area (Å²) < 4.78 is 5.89. The molecule has 2 aliphatic rings. The number of nitrogens with one attached hydrogen (secondary N) is 1. The van der Waals surface area contributed by atoms with Gasteiger partial charge in [-0.25, -0.2) is 4.79 Å². The molecule has 0 aliphatic carbocycles. The first-order chi connectivity index (χ1) is 20.4. The van der Waals surface area contributed by atoms with Crippen LogP contribution in [-0.2, 0) is 25.6 Å². The number of fused-ring (bicyclic) bond motifs is 1. The predicted molar refractivity (Wildman–Crippen MR) is 160 cm³/mol. The van der Waals surface area contributed by atoms with E-state index in [1.54, 1.807) is 0 Å². The molecule has 1 saturated heterocycles. The van der Waals surface area contributed by atoms with Crippen molar-refractivity contribution in [1.82, 2.24) is 4.90 Å². The first-order valence-electron chi connectivity index (χ1n) is 13.7. The van der Waals surface area contributed by atoms with Crippen LogP contribution in [0.2, 0.25) is 10.0 Å². The maximum absolute atomic E-state index is 11.5. The Kier molecular flexibility index (Phi) is 12.4. The molecule has 2 aromatic carbocycles. The molecule has 4 rings (SSSR count). The highest BCUT2D eigenvalue weighted by molar-refractivity contribution is 6.43. The van der Waals surface area contributed by atoms with Crippen molar-refractivity contribution in [3.05, 3.63) is 52.0 Å². The van der Waals surface area contributed by atoms with E-state index in [0.717, 1.165) is 69.1 Å². The van der Waals surface area contributed by atoms with E-state index in [9.17, 15) is 19.2 Å². The quantitative estimate of drug-likeness (QED) is 0.214. The number of halogens is 2. The highest BCUT2D eigenvalue weighted by Crippen LogP contribution is 2.33. The normalized spacial score (nSPS) is 15.0. The number of carboxylic acids is 3. The smallest absolute Gasteiger partial charge is 0.336 e. The number of nitrogens with zero attached hydrogens (tertiary/aromatic N) is 2. The van der Waals surface area contributed by atoms with E-state index in [0.29, 0.717) is 23.1 Å². The largest absolute Gasteiger partial charge is 0.494 e. The Labute approximate surface area is 258 Å². The monoisotopic (exact) mass is 639 g/mol. The summed E-state index contributed by atoms with van der Waals surface area (Å²) in [5.41, 5.74) is 0.359. The number of carbonyl (C=O) groups excluding carboxylic acids is 1. The van der Waals surface area contributed by atoms with Gasteiger partial charge in [-0.3, -0.25) is 19.3 Å². The molecule has 0 radical (unpaired) electrons. The molecule has 0 saturated carbocycles. The third-order valence-corrected chi connectivity index (χ3v) is 7.85. The van der Waals surface area contributed by atoms with Crippen LogP contribution >= 0.6 is 23.2 Å². The standard InChI is InChI=1S/C23H27Cl2N3O2.C6H8O7/c24-19-4-3-5-21(23(19)25)28-13-11-27(12-14-28)10-1-2-15-30-18-8-6-17-7-9-22(29)26-20(17)16-18;7-3(8)1-6(13,5(11)12)2-4(9)10/h3-6,8,16H,1-2,7,9-15H2,(H,26,29);13H,1-2H2,(H,7,8)(H,9,10)(H,11,12). The Morgan fingerprint density at radius 3 is 2.23 bits per heavy atom. The zero-order valence-electron chi connectivity index (χ0n) is 23.4. The summed E-state index contributed by atoms with van der Waals surface area (Å²) in [6.07, 6.45) is 1.18. The van der Waals surface area contributed by atoms with Crippen molar-refractivity contribution in [2.75, 3.05) is 49.5 Å². The number of aryl methyl sites for hydroxylation is 1. The number of hydrogen-bond donors (Lipinski definition) is 5. The van der Waals surface area contributed by atoms with E-state index >= 15 is 0 Å². The van der Waals surface area contributed by atoms with E-state index in [1.165, 1.54) is 5.56 Å². The number of ether oxygens (including phenoxy) is 1. The van der Waals surface area contributed by atoms with Crippen molar-refractivity contribution in [3.8, 4) is 5.75 Å². The molecule has 14 heteroatoms. The number of hydrogen-bond acceptors (Lipinski definition) is 8. The van der Waals surface area contributed by atoms with Crippen LogP contribution in [0, 0.1) is 0 Å². The third kappa shape index (κ3) is 10.3. The molecule has 43 heavy (non-hydrogen) atoms. The van der Waals surface area contributed by atoms with Crippen LogP contribution in [0.3, 0.4) is 0 Å². The average molecular weight is 641 g/mol. The Balaban J connectivity index is 0.000000331. The number of piperazine rings is 1. The number of anilines is 2. The number of benzene rings is 2. The number of amides is 1. The van der Waals surface area contributed by atoms with Crippen molar-refractivity contribution in [2.45, 2.75) is 44.1 Å². The van der Waals surface area contributed by atoms with E-state index in [4.69, 9.17) is 48.4 Å². The number of carboxylic acid groups (broad SMARTS) is 3. The Bertz CT molecular complexity index is 1300. The molecular formula is C29H35Cl2N3O9. The van der Waals surface area contributed by atoms with Crippen LogP contribution in [0.15, 0.2) is 36.4 Å². The van der Waals surface area contributed by atoms with Crippen molar-refractivity contribution in [2.24, 2.45) is 0 Å². The molecule has 0 bridgehead atoms. The number of aliphatic hydroxyl groups is 1. The van der Waals surface area contributed by atoms with Gasteiger partial charge < -0.3 is 35.4 Å². The van der Waals surface area contributed by atoms with Crippen LogP contribution < -0.4 is 15.0 Å². The van der Waals surface area contributed by atoms with Gasteiger partial charge in [0.2, 0.25) is 5.91 Å². The van der Waals surface area contributed by atoms with Gasteiger partial charge in [0.25, 0.3) is 0 Å². The van der Waals surface area contributed by atoms with Crippen molar-refractivity contribution in [1.29, 1.82) is 0 Å². The van der Waals surface area contributed by atoms with Crippen LogP contribution in [0.4, 0.5) is 11.4 Å². The lowest BCUT2D eigenvalue weighted by Gasteiger charge is -2.36. The Morgan fingerprint density at radius 2 is 1.60 bits per heavy atom. The Hall–Kier alpha value is -3.58. The molecule has 1 fully saturated rings. The second-order valence-corrected chi connectivity index (χ2v) is 11.1. The molecule has 2 aromatic rings. The molecule has 5 N–H and O–H groups in total. The van der Waals surface area contributed by atoms with Gasteiger partial charge >= 0.3 is 17.9 Å². The van der Waals surface area contributed by atoms with Crippen molar-refractivity contribution in [3.63, 3.8) is 0 Å².